The maximum absolute atomic E-state index is 12.5. The number of benzene rings is 2. The van der Waals surface area contributed by atoms with Gasteiger partial charge in [0.15, 0.2) is 0 Å². The molecule has 0 saturated carbocycles. The molecule has 6 heteroatoms. The third kappa shape index (κ3) is 3.04. The highest BCUT2D eigenvalue weighted by molar-refractivity contribution is 9.10. The second-order valence-corrected chi connectivity index (χ2v) is 5.89. The van der Waals surface area contributed by atoms with Crippen molar-refractivity contribution in [3.8, 4) is 0 Å². The molecule has 1 heterocycles. The van der Waals surface area contributed by atoms with Crippen molar-refractivity contribution in [2.75, 3.05) is 5.32 Å². The minimum Gasteiger partial charge on any atom is -0.392 e. The van der Waals surface area contributed by atoms with Gasteiger partial charge in [-0.1, -0.05) is 34.1 Å². The molecule has 116 valence electrons. The number of anilines is 1. The first-order chi connectivity index (χ1) is 11.1. The van der Waals surface area contributed by atoms with E-state index in [0.717, 1.165) is 4.47 Å². The molecule has 1 aromatic heterocycles. The molecule has 0 fully saturated rings. The molecule has 0 radical (unpaired) electrons. The minimum absolute atomic E-state index is 0.0749. The van der Waals surface area contributed by atoms with Gasteiger partial charge in [-0.3, -0.25) is 9.59 Å². The molecule has 0 atom stereocenters. The number of carbonyl (C=O) groups is 1. The Morgan fingerprint density at radius 3 is 2.52 bits per heavy atom. The number of carbonyl (C=O) groups excluding carboxylic acids is 1. The van der Waals surface area contributed by atoms with Crippen molar-refractivity contribution >= 4 is 38.4 Å². The zero-order chi connectivity index (χ0) is 16.4. The number of aromatic amines is 1. The molecule has 0 spiro atoms. The van der Waals surface area contributed by atoms with Crippen LogP contribution >= 0.6 is 15.9 Å². The highest BCUT2D eigenvalue weighted by Gasteiger charge is 2.18. The first kappa shape index (κ1) is 15.5. The van der Waals surface area contributed by atoms with E-state index < -0.39 is 18.1 Å². The lowest BCUT2D eigenvalue weighted by molar-refractivity contribution is 0.102. The van der Waals surface area contributed by atoms with E-state index in [1.165, 1.54) is 0 Å². The molecule has 0 unspecified atom stereocenters. The second-order valence-electron chi connectivity index (χ2n) is 4.97. The Hall–Kier alpha value is -2.44. The maximum atomic E-state index is 12.5. The summed E-state index contributed by atoms with van der Waals surface area (Å²) < 4.78 is 0.884. The summed E-state index contributed by atoms with van der Waals surface area (Å²) in [4.78, 5) is 27.4. The lowest BCUT2D eigenvalue weighted by atomic mass is 10.0. The van der Waals surface area contributed by atoms with Crippen molar-refractivity contribution in [3.63, 3.8) is 0 Å². The van der Waals surface area contributed by atoms with Crippen molar-refractivity contribution in [3.05, 3.63) is 74.5 Å². The molecule has 5 nitrogen and oxygen atoms in total. The van der Waals surface area contributed by atoms with Crippen molar-refractivity contribution < 1.29 is 9.90 Å². The van der Waals surface area contributed by atoms with E-state index in [0.29, 0.717) is 22.2 Å². The predicted octanol–water partition coefficient (Wildman–Crippen LogP) is 3.04. The van der Waals surface area contributed by atoms with E-state index in [2.05, 4.69) is 26.2 Å². The standard InChI is InChI=1S/C17H13BrN2O3/c18-10-5-7-11(8-6-10)19-16(22)15-13(9-21)12-3-1-2-4-14(12)20-17(15)23/h1-8,21H,9H2,(H,19,22)(H,20,23). The number of hydrogen-bond acceptors (Lipinski definition) is 3. The average Bonchev–Trinajstić information content (AvgIpc) is 2.55. The summed E-state index contributed by atoms with van der Waals surface area (Å²) in [5.74, 6) is -0.552. The van der Waals surface area contributed by atoms with E-state index in [9.17, 15) is 14.7 Å². The zero-order valence-corrected chi connectivity index (χ0v) is 13.6. The van der Waals surface area contributed by atoms with Gasteiger partial charge >= 0.3 is 0 Å². The van der Waals surface area contributed by atoms with Crippen LogP contribution in [0.1, 0.15) is 15.9 Å². The van der Waals surface area contributed by atoms with E-state index in [1.807, 2.05) is 0 Å². The van der Waals surface area contributed by atoms with Crippen LogP contribution in [-0.4, -0.2) is 16.0 Å². The molecule has 0 aliphatic heterocycles. The van der Waals surface area contributed by atoms with Gasteiger partial charge in [-0.2, -0.15) is 0 Å². The molecule has 0 aliphatic carbocycles. The Balaban J connectivity index is 2.07. The quantitative estimate of drug-likeness (QED) is 0.660. The summed E-state index contributed by atoms with van der Waals surface area (Å²) in [7, 11) is 0. The Morgan fingerprint density at radius 1 is 1.13 bits per heavy atom. The Kier molecular flexibility index (Phi) is 4.27. The first-order valence-electron chi connectivity index (χ1n) is 6.92. The van der Waals surface area contributed by atoms with E-state index in [1.54, 1.807) is 48.5 Å². The summed E-state index contributed by atoms with van der Waals surface area (Å²) in [5.41, 5.74) is 0.867. The van der Waals surface area contributed by atoms with E-state index in [4.69, 9.17) is 0 Å². The molecular formula is C17H13BrN2O3. The number of amides is 1. The molecule has 0 aliphatic rings. The summed E-state index contributed by atoms with van der Waals surface area (Å²) in [6.45, 7) is -0.395. The normalized spacial score (nSPS) is 10.7. The SMILES string of the molecule is O=C(Nc1ccc(Br)cc1)c1c(CO)c2ccccc2[nH]c1=O. The van der Waals surface area contributed by atoms with Gasteiger partial charge < -0.3 is 15.4 Å². The number of aliphatic hydroxyl groups is 1. The molecule has 2 aromatic carbocycles. The summed E-state index contributed by atoms with van der Waals surface area (Å²) in [6, 6.07) is 14.1. The minimum atomic E-state index is -0.552. The predicted molar refractivity (Wildman–Crippen MR) is 92.6 cm³/mol. The smallest absolute Gasteiger partial charge is 0.261 e. The molecule has 0 saturated heterocycles. The van der Waals surface area contributed by atoms with Crippen LogP contribution in [0.3, 0.4) is 0 Å². The van der Waals surface area contributed by atoms with Gasteiger partial charge in [0, 0.05) is 26.6 Å². The van der Waals surface area contributed by atoms with Crippen LogP contribution in [0.15, 0.2) is 57.8 Å². The number of aromatic nitrogens is 1. The lowest BCUT2D eigenvalue weighted by Crippen LogP contribution is -2.26. The van der Waals surface area contributed by atoms with Gasteiger partial charge in [0.25, 0.3) is 11.5 Å². The fraction of sp³-hybridized carbons (Fsp3) is 0.0588. The van der Waals surface area contributed by atoms with Crippen LogP contribution in [0.4, 0.5) is 5.69 Å². The number of pyridine rings is 1. The van der Waals surface area contributed by atoms with Crippen LogP contribution in [0.5, 0.6) is 0 Å². The summed E-state index contributed by atoms with van der Waals surface area (Å²) in [5, 5.41) is 13.0. The maximum Gasteiger partial charge on any atom is 0.261 e. The number of para-hydroxylation sites is 1. The van der Waals surface area contributed by atoms with Gasteiger partial charge in [-0.15, -0.1) is 0 Å². The summed E-state index contributed by atoms with van der Waals surface area (Å²) >= 11 is 3.32. The van der Waals surface area contributed by atoms with Gasteiger partial charge in [0.1, 0.15) is 5.56 Å². The van der Waals surface area contributed by atoms with Crippen LogP contribution in [0.25, 0.3) is 10.9 Å². The number of nitrogens with one attached hydrogen (secondary N) is 2. The number of hydrogen-bond donors (Lipinski definition) is 3. The Labute approximate surface area is 140 Å². The lowest BCUT2D eigenvalue weighted by Gasteiger charge is -2.11. The summed E-state index contributed by atoms with van der Waals surface area (Å²) in [6.07, 6.45) is 0. The third-order valence-corrected chi connectivity index (χ3v) is 4.05. The van der Waals surface area contributed by atoms with Gasteiger partial charge in [-0.25, -0.2) is 0 Å². The van der Waals surface area contributed by atoms with E-state index >= 15 is 0 Å². The highest BCUT2D eigenvalue weighted by Crippen LogP contribution is 2.20. The topological polar surface area (TPSA) is 82.2 Å². The molecule has 3 N–H and O–H groups in total. The van der Waals surface area contributed by atoms with Gasteiger partial charge in [0.05, 0.1) is 6.61 Å². The van der Waals surface area contributed by atoms with Crippen LogP contribution in [-0.2, 0) is 6.61 Å². The monoisotopic (exact) mass is 372 g/mol. The Morgan fingerprint density at radius 2 is 1.83 bits per heavy atom. The number of fused-ring (bicyclic) bond motifs is 1. The van der Waals surface area contributed by atoms with Crippen LogP contribution in [0.2, 0.25) is 0 Å². The number of rotatable bonds is 3. The van der Waals surface area contributed by atoms with E-state index in [-0.39, 0.29) is 5.56 Å². The average molecular weight is 373 g/mol. The zero-order valence-electron chi connectivity index (χ0n) is 12.0. The number of halogens is 1. The molecule has 1 amide bonds. The van der Waals surface area contributed by atoms with Crippen molar-refractivity contribution in [2.45, 2.75) is 6.61 Å². The van der Waals surface area contributed by atoms with Crippen molar-refractivity contribution in [2.24, 2.45) is 0 Å². The van der Waals surface area contributed by atoms with Crippen molar-refractivity contribution in [1.29, 1.82) is 0 Å². The molecule has 3 rings (SSSR count). The third-order valence-electron chi connectivity index (χ3n) is 3.52. The molecule has 3 aromatic rings. The largest absolute Gasteiger partial charge is 0.392 e. The van der Waals surface area contributed by atoms with Gasteiger partial charge in [-0.05, 0) is 30.3 Å². The molecule has 23 heavy (non-hydrogen) atoms. The highest BCUT2D eigenvalue weighted by atomic mass is 79.9. The molecule has 0 bridgehead atoms. The van der Waals surface area contributed by atoms with Crippen LogP contribution < -0.4 is 10.9 Å². The first-order valence-corrected chi connectivity index (χ1v) is 7.71. The van der Waals surface area contributed by atoms with Crippen LogP contribution in [0, 0.1) is 0 Å². The van der Waals surface area contributed by atoms with Gasteiger partial charge in [0.2, 0.25) is 0 Å². The van der Waals surface area contributed by atoms with Crippen molar-refractivity contribution in [1.82, 2.24) is 4.98 Å². The number of aliphatic hydroxyl groups excluding tert-OH is 1. The fourth-order valence-electron chi connectivity index (χ4n) is 2.44. The Bertz CT molecular complexity index is 933. The fourth-order valence-corrected chi connectivity index (χ4v) is 2.71. The second kappa shape index (κ2) is 6.36. The number of H-pyrrole nitrogens is 1. The molecular weight excluding hydrogens is 360 g/mol.